The van der Waals surface area contributed by atoms with Gasteiger partial charge in [0.05, 0.1) is 0 Å². The number of benzene rings is 2. The van der Waals surface area contributed by atoms with Crippen LogP contribution in [0.1, 0.15) is 48.2 Å². The Morgan fingerprint density at radius 3 is 2.29 bits per heavy atom. The monoisotopic (exact) mass is 461 g/mol. The van der Waals surface area contributed by atoms with Gasteiger partial charge in [0.15, 0.2) is 0 Å². The Balaban J connectivity index is 1.29. The molecule has 5 rings (SSSR count). The molecular formula is C27H31N3O4. The van der Waals surface area contributed by atoms with Gasteiger partial charge in [0, 0.05) is 45.5 Å². The van der Waals surface area contributed by atoms with Gasteiger partial charge in [0.2, 0.25) is 0 Å². The molecule has 0 spiro atoms. The summed E-state index contributed by atoms with van der Waals surface area (Å²) in [5.41, 5.74) is 4.11. The molecule has 2 fully saturated rings. The van der Waals surface area contributed by atoms with Crippen molar-refractivity contribution < 1.29 is 19.1 Å². The molecule has 2 aromatic rings. The van der Waals surface area contributed by atoms with Gasteiger partial charge in [-0.15, -0.1) is 0 Å². The zero-order chi connectivity index (χ0) is 24.0. The van der Waals surface area contributed by atoms with Gasteiger partial charge in [0.25, 0.3) is 11.8 Å². The molecule has 3 aliphatic rings. The first kappa shape index (κ1) is 22.6. The maximum Gasteiger partial charge on any atom is 0.327 e. The van der Waals surface area contributed by atoms with E-state index in [4.69, 9.17) is 4.74 Å². The van der Waals surface area contributed by atoms with Gasteiger partial charge in [-0.3, -0.25) is 14.5 Å². The third-order valence-corrected chi connectivity index (χ3v) is 7.45. The molecule has 4 amide bonds. The van der Waals surface area contributed by atoms with Gasteiger partial charge in [-0.2, -0.15) is 0 Å². The summed E-state index contributed by atoms with van der Waals surface area (Å²) in [6, 6.07) is 13.9. The molecule has 3 heterocycles. The van der Waals surface area contributed by atoms with E-state index in [1.807, 2.05) is 41.3 Å². The number of amides is 4. The summed E-state index contributed by atoms with van der Waals surface area (Å²) in [5.74, 6) is 0.454. The predicted octanol–water partition coefficient (Wildman–Crippen LogP) is 3.91. The average molecular weight is 462 g/mol. The van der Waals surface area contributed by atoms with E-state index in [-0.39, 0.29) is 17.8 Å². The molecule has 2 aromatic carbocycles. The van der Waals surface area contributed by atoms with E-state index in [1.165, 1.54) is 11.9 Å². The first-order valence-electron chi connectivity index (χ1n) is 11.9. The largest absolute Gasteiger partial charge is 0.381 e. The van der Waals surface area contributed by atoms with E-state index in [2.05, 4.69) is 6.07 Å². The van der Waals surface area contributed by atoms with Gasteiger partial charge < -0.3 is 14.5 Å². The lowest BCUT2D eigenvalue weighted by atomic mass is 9.99. The number of fused-ring (bicyclic) bond motifs is 1. The van der Waals surface area contributed by atoms with Gasteiger partial charge in [0.1, 0.15) is 5.54 Å². The van der Waals surface area contributed by atoms with Crippen LogP contribution in [0.3, 0.4) is 0 Å². The highest BCUT2D eigenvalue weighted by molar-refractivity contribution is 6.06. The lowest BCUT2D eigenvalue weighted by Gasteiger charge is -2.27. The zero-order valence-electron chi connectivity index (χ0n) is 20.0. The van der Waals surface area contributed by atoms with Gasteiger partial charge in [-0.25, -0.2) is 4.79 Å². The van der Waals surface area contributed by atoms with E-state index in [0.29, 0.717) is 19.0 Å². The van der Waals surface area contributed by atoms with Crippen molar-refractivity contribution in [2.45, 2.75) is 45.3 Å². The maximum absolute atomic E-state index is 12.9. The summed E-state index contributed by atoms with van der Waals surface area (Å²) in [7, 11) is 1.53. The first-order valence-corrected chi connectivity index (χ1v) is 11.9. The fraction of sp³-hybridized carbons (Fsp3) is 0.444. The van der Waals surface area contributed by atoms with E-state index >= 15 is 0 Å². The minimum atomic E-state index is -0.854. The molecule has 0 unspecified atom stereocenters. The molecule has 0 bridgehead atoms. The Morgan fingerprint density at radius 1 is 0.971 bits per heavy atom. The Kier molecular flexibility index (Phi) is 5.68. The predicted molar refractivity (Wildman–Crippen MR) is 128 cm³/mol. The smallest absolute Gasteiger partial charge is 0.327 e. The molecule has 0 N–H and O–H groups in total. The Morgan fingerprint density at radius 2 is 1.65 bits per heavy atom. The number of imide groups is 1. The van der Waals surface area contributed by atoms with E-state index < -0.39 is 5.54 Å². The molecule has 34 heavy (non-hydrogen) atoms. The van der Waals surface area contributed by atoms with Crippen LogP contribution in [0.25, 0.3) is 11.1 Å². The maximum atomic E-state index is 12.9. The lowest BCUT2D eigenvalue weighted by molar-refractivity contribution is -0.131. The molecule has 0 saturated carbocycles. The van der Waals surface area contributed by atoms with E-state index in [0.717, 1.165) is 60.4 Å². The minimum absolute atomic E-state index is 0.126. The van der Waals surface area contributed by atoms with Crippen molar-refractivity contribution in [3.05, 3.63) is 59.2 Å². The average Bonchev–Trinajstić information content (AvgIpc) is 3.22. The molecule has 0 aliphatic carbocycles. The molecule has 7 heteroatoms. The van der Waals surface area contributed by atoms with Gasteiger partial charge in [-0.05, 0) is 67.0 Å². The van der Waals surface area contributed by atoms with Crippen LogP contribution in [0.15, 0.2) is 42.5 Å². The van der Waals surface area contributed by atoms with Crippen LogP contribution in [-0.2, 0) is 22.6 Å². The number of likely N-dealkylation sites (N-methyl/N-ethyl adjacent to an activating group) is 1. The minimum Gasteiger partial charge on any atom is -0.381 e. The second kappa shape index (κ2) is 8.55. The van der Waals surface area contributed by atoms with Crippen LogP contribution < -0.4 is 0 Å². The van der Waals surface area contributed by atoms with Crippen molar-refractivity contribution in [2.24, 2.45) is 5.92 Å². The number of carbonyl (C=O) groups excluding carboxylic acids is 3. The third-order valence-electron chi connectivity index (χ3n) is 7.45. The topological polar surface area (TPSA) is 70.2 Å². The van der Waals surface area contributed by atoms with Crippen molar-refractivity contribution in [3.8, 4) is 11.1 Å². The van der Waals surface area contributed by atoms with Crippen LogP contribution in [0.5, 0.6) is 0 Å². The molecule has 0 atom stereocenters. The number of hydrogen-bond donors (Lipinski definition) is 0. The summed E-state index contributed by atoms with van der Waals surface area (Å²) in [6.45, 7) is 6.97. The second-order valence-electron chi connectivity index (χ2n) is 10.1. The normalized spacial score (nSPS) is 20.4. The van der Waals surface area contributed by atoms with Gasteiger partial charge in [-0.1, -0.05) is 30.3 Å². The standard InChI is InChI=1S/C27H31N3O4/c1-27(2)25(32)28(3)26(33)30(27)16-18-4-6-20(7-5-18)21-8-9-23-22(14-21)17-29(24(23)31)15-19-10-12-34-13-11-19/h4-9,14,19H,10-13,15-17H2,1-3H3. The molecule has 3 aliphatic heterocycles. The Hall–Kier alpha value is -3.19. The molecular weight excluding hydrogens is 430 g/mol. The zero-order valence-corrected chi connectivity index (χ0v) is 20.0. The van der Waals surface area contributed by atoms with Crippen molar-refractivity contribution in [3.63, 3.8) is 0 Å². The van der Waals surface area contributed by atoms with Crippen molar-refractivity contribution in [1.29, 1.82) is 0 Å². The van der Waals surface area contributed by atoms with Crippen molar-refractivity contribution >= 4 is 17.8 Å². The summed E-state index contributed by atoms with van der Waals surface area (Å²) >= 11 is 0. The molecule has 7 nitrogen and oxygen atoms in total. The molecule has 0 aromatic heterocycles. The second-order valence-corrected chi connectivity index (χ2v) is 10.1. The fourth-order valence-corrected chi connectivity index (χ4v) is 5.23. The lowest BCUT2D eigenvalue weighted by Crippen LogP contribution is -2.43. The number of urea groups is 1. The van der Waals surface area contributed by atoms with Gasteiger partial charge >= 0.3 is 6.03 Å². The first-order chi connectivity index (χ1) is 16.3. The Bertz CT molecular complexity index is 1140. The number of rotatable bonds is 5. The van der Waals surface area contributed by atoms with Crippen LogP contribution in [0.4, 0.5) is 4.79 Å². The number of carbonyl (C=O) groups is 3. The quantitative estimate of drug-likeness (QED) is 0.633. The highest BCUT2D eigenvalue weighted by Crippen LogP contribution is 2.32. The number of hydrogen-bond acceptors (Lipinski definition) is 4. The van der Waals surface area contributed by atoms with Crippen LogP contribution in [-0.4, -0.2) is 64.9 Å². The number of nitrogens with zero attached hydrogens (tertiary/aromatic N) is 3. The summed E-state index contributed by atoms with van der Waals surface area (Å²) < 4.78 is 5.45. The fourth-order valence-electron chi connectivity index (χ4n) is 5.23. The van der Waals surface area contributed by atoms with Crippen molar-refractivity contribution in [2.75, 3.05) is 26.8 Å². The highest BCUT2D eigenvalue weighted by Gasteiger charge is 2.49. The van der Waals surface area contributed by atoms with Crippen LogP contribution in [0, 0.1) is 5.92 Å². The van der Waals surface area contributed by atoms with E-state index in [1.54, 1.807) is 18.7 Å². The molecule has 0 radical (unpaired) electrons. The van der Waals surface area contributed by atoms with Crippen molar-refractivity contribution in [1.82, 2.24) is 14.7 Å². The summed E-state index contributed by atoms with van der Waals surface area (Å²) in [4.78, 5) is 42.5. The van der Waals surface area contributed by atoms with E-state index in [9.17, 15) is 14.4 Å². The summed E-state index contributed by atoms with van der Waals surface area (Å²) in [5, 5.41) is 0. The summed E-state index contributed by atoms with van der Waals surface area (Å²) in [6.07, 6.45) is 2.03. The Labute approximate surface area is 200 Å². The highest BCUT2D eigenvalue weighted by atomic mass is 16.5. The van der Waals surface area contributed by atoms with Crippen LogP contribution >= 0.6 is 0 Å². The van der Waals surface area contributed by atoms with Crippen LogP contribution in [0.2, 0.25) is 0 Å². The molecule has 178 valence electrons. The number of ether oxygens (including phenoxy) is 1. The third kappa shape index (κ3) is 3.88. The molecule has 2 saturated heterocycles. The SMILES string of the molecule is CN1C(=O)N(Cc2ccc(-c3ccc4c(c3)CN(CC3CCOCC3)C4=O)cc2)C(C)(C)C1=O.